The second-order valence-corrected chi connectivity index (χ2v) is 6.51. The smallest absolute Gasteiger partial charge is 0.252 e. The van der Waals surface area contributed by atoms with Gasteiger partial charge in [-0.2, -0.15) is 0 Å². The van der Waals surface area contributed by atoms with Crippen LogP contribution in [-0.2, 0) is 9.59 Å². The lowest BCUT2D eigenvalue weighted by Gasteiger charge is -2.10. The zero-order valence-corrected chi connectivity index (χ0v) is 14.7. The minimum atomic E-state index is -0.148. The first kappa shape index (κ1) is 16.9. The summed E-state index contributed by atoms with van der Waals surface area (Å²) in [6, 6.07) is 15.1. The summed E-state index contributed by atoms with van der Waals surface area (Å²) in [7, 11) is 1.71. The fourth-order valence-electron chi connectivity index (χ4n) is 2.26. The lowest BCUT2D eigenvalue weighted by atomic mass is 10.2. The third kappa shape index (κ3) is 4.10. The molecule has 0 aliphatic rings. The molecule has 3 rings (SSSR count). The van der Waals surface area contributed by atoms with Gasteiger partial charge in [0.2, 0.25) is 5.91 Å². The number of nitrogens with one attached hydrogen (secondary N) is 1. The number of rotatable bonds is 4. The Hall–Kier alpha value is -2.99. The Morgan fingerprint density at radius 3 is 2.52 bits per heavy atom. The van der Waals surface area contributed by atoms with Crippen LogP contribution in [0.4, 0.5) is 10.8 Å². The average Bonchev–Trinajstić information content (AvgIpc) is 3.04. The number of aromatic nitrogens is 1. The lowest BCUT2D eigenvalue weighted by molar-refractivity contribution is -0.114. The van der Waals surface area contributed by atoms with Crippen molar-refractivity contribution in [2.24, 2.45) is 0 Å². The highest BCUT2D eigenvalue weighted by Gasteiger charge is 2.12. The van der Waals surface area contributed by atoms with E-state index in [4.69, 9.17) is 0 Å². The van der Waals surface area contributed by atoms with Crippen LogP contribution in [0.2, 0.25) is 0 Å². The van der Waals surface area contributed by atoms with E-state index < -0.39 is 0 Å². The summed E-state index contributed by atoms with van der Waals surface area (Å²) >= 11 is 1.48. The molecule has 1 N–H and O–H groups in total. The fraction of sp³-hybridized carbons (Fsp3) is 0.105. The van der Waals surface area contributed by atoms with E-state index in [2.05, 4.69) is 10.3 Å². The number of anilines is 2. The van der Waals surface area contributed by atoms with Crippen LogP contribution in [0.5, 0.6) is 0 Å². The number of para-hydroxylation sites is 1. The van der Waals surface area contributed by atoms with E-state index in [1.807, 2.05) is 36.4 Å². The number of benzene rings is 2. The van der Waals surface area contributed by atoms with Crippen molar-refractivity contribution in [2.75, 3.05) is 17.3 Å². The van der Waals surface area contributed by atoms with Gasteiger partial charge >= 0.3 is 0 Å². The van der Waals surface area contributed by atoms with Gasteiger partial charge in [-0.1, -0.05) is 35.6 Å². The second-order valence-electron chi connectivity index (χ2n) is 5.50. The topological polar surface area (TPSA) is 62.3 Å². The molecule has 0 aliphatic carbocycles. The van der Waals surface area contributed by atoms with Gasteiger partial charge in [0.1, 0.15) is 0 Å². The standard InChI is InChI=1S/C19H17N3O2S/c1-13(23)20-15-10-7-14(8-11-15)9-12-18(24)22(2)19-21-16-5-3-4-6-17(16)25-19/h3-12H,1-2H3,(H,20,23)/b12-9+. The maximum atomic E-state index is 12.4. The monoisotopic (exact) mass is 351 g/mol. The Morgan fingerprint density at radius 1 is 1.12 bits per heavy atom. The Bertz CT molecular complexity index is 912. The predicted molar refractivity (Wildman–Crippen MR) is 103 cm³/mol. The lowest BCUT2D eigenvalue weighted by Crippen LogP contribution is -2.23. The maximum Gasteiger partial charge on any atom is 0.252 e. The van der Waals surface area contributed by atoms with E-state index in [-0.39, 0.29) is 11.8 Å². The van der Waals surface area contributed by atoms with Crippen molar-refractivity contribution in [3.63, 3.8) is 0 Å². The van der Waals surface area contributed by atoms with Crippen molar-refractivity contribution < 1.29 is 9.59 Å². The van der Waals surface area contributed by atoms with Crippen LogP contribution >= 0.6 is 11.3 Å². The molecule has 0 atom stereocenters. The van der Waals surface area contributed by atoms with Crippen LogP contribution < -0.4 is 10.2 Å². The SMILES string of the molecule is CC(=O)Nc1ccc(/C=C/C(=O)N(C)c2nc3ccccc3s2)cc1. The van der Waals surface area contributed by atoms with Gasteiger partial charge in [-0.3, -0.25) is 14.5 Å². The summed E-state index contributed by atoms with van der Waals surface area (Å²) in [6.45, 7) is 1.46. The van der Waals surface area contributed by atoms with Crippen molar-refractivity contribution in [2.45, 2.75) is 6.92 Å². The van der Waals surface area contributed by atoms with Gasteiger partial charge in [0.25, 0.3) is 5.91 Å². The normalized spacial score (nSPS) is 11.0. The van der Waals surface area contributed by atoms with Crippen LogP contribution in [0.25, 0.3) is 16.3 Å². The van der Waals surface area contributed by atoms with Gasteiger partial charge < -0.3 is 5.32 Å². The Morgan fingerprint density at radius 2 is 1.84 bits per heavy atom. The van der Waals surface area contributed by atoms with Crippen LogP contribution in [0.15, 0.2) is 54.6 Å². The van der Waals surface area contributed by atoms with Gasteiger partial charge in [-0.15, -0.1) is 0 Å². The van der Waals surface area contributed by atoms with Crippen molar-refractivity contribution in [1.82, 2.24) is 4.98 Å². The molecule has 2 amide bonds. The Kier molecular flexibility index (Phi) is 4.90. The number of amides is 2. The number of hydrogen-bond donors (Lipinski definition) is 1. The first-order valence-electron chi connectivity index (χ1n) is 7.72. The van der Waals surface area contributed by atoms with E-state index in [1.54, 1.807) is 25.3 Å². The Labute approximate surface area is 149 Å². The number of nitrogens with zero attached hydrogens (tertiary/aromatic N) is 2. The van der Waals surface area contributed by atoms with Gasteiger partial charge in [-0.05, 0) is 35.9 Å². The summed E-state index contributed by atoms with van der Waals surface area (Å²) < 4.78 is 1.05. The molecule has 0 aliphatic heterocycles. The fourth-order valence-corrected chi connectivity index (χ4v) is 3.19. The van der Waals surface area contributed by atoms with E-state index in [0.29, 0.717) is 5.13 Å². The summed E-state index contributed by atoms with van der Waals surface area (Å²) in [4.78, 5) is 29.4. The first-order valence-corrected chi connectivity index (χ1v) is 8.53. The summed E-state index contributed by atoms with van der Waals surface area (Å²) in [5, 5.41) is 3.37. The summed E-state index contributed by atoms with van der Waals surface area (Å²) in [6.07, 6.45) is 3.25. The van der Waals surface area contributed by atoms with E-state index in [0.717, 1.165) is 21.5 Å². The molecule has 1 aromatic heterocycles. The van der Waals surface area contributed by atoms with Gasteiger partial charge in [0.05, 0.1) is 10.2 Å². The van der Waals surface area contributed by atoms with Crippen molar-refractivity contribution >= 4 is 50.3 Å². The van der Waals surface area contributed by atoms with Crippen LogP contribution in [0.1, 0.15) is 12.5 Å². The molecule has 0 radical (unpaired) electrons. The molecule has 3 aromatic rings. The van der Waals surface area contributed by atoms with E-state index >= 15 is 0 Å². The number of carbonyl (C=O) groups is 2. The highest BCUT2D eigenvalue weighted by Crippen LogP contribution is 2.27. The molecular weight excluding hydrogens is 334 g/mol. The Balaban J connectivity index is 1.70. The van der Waals surface area contributed by atoms with Gasteiger partial charge in [-0.25, -0.2) is 4.98 Å². The molecule has 0 saturated heterocycles. The molecule has 6 heteroatoms. The average molecular weight is 351 g/mol. The largest absolute Gasteiger partial charge is 0.326 e. The van der Waals surface area contributed by atoms with Crippen LogP contribution in [0.3, 0.4) is 0 Å². The minimum absolute atomic E-state index is 0.115. The molecule has 2 aromatic carbocycles. The van der Waals surface area contributed by atoms with Crippen LogP contribution in [0, 0.1) is 0 Å². The maximum absolute atomic E-state index is 12.4. The van der Waals surface area contributed by atoms with Gasteiger partial charge in [0, 0.05) is 25.7 Å². The highest BCUT2D eigenvalue weighted by atomic mass is 32.1. The minimum Gasteiger partial charge on any atom is -0.326 e. The molecule has 5 nitrogen and oxygen atoms in total. The van der Waals surface area contributed by atoms with Crippen LogP contribution in [-0.4, -0.2) is 23.8 Å². The van der Waals surface area contributed by atoms with Crippen molar-refractivity contribution in [1.29, 1.82) is 0 Å². The molecule has 0 bridgehead atoms. The predicted octanol–water partition coefficient (Wildman–Crippen LogP) is 3.93. The third-order valence-corrected chi connectivity index (χ3v) is 4.66. The van der Waals surface area contributed by atoms with Gasteiger partial charge in [0.15, 0.2) is 5.13 Å². The zero-order valence-electron chi connectivity index (χ0n) is 13.9. The molecule has 0 saturated carbocycles. The second kappa shape index (κ2) is 7.27. The molecule has 0 spiro atoms. The van der Waals surface area contributed by atoms with Crippen molar-refractivity contribution in [3.8, 4) is 0 Å². The van der Waals surface area contributed by atoms with E-state index in [9.17, 15) is 9.59 Å². The number of fused-ring (bicyclic) bond motifs is 1. The first-order chi connectivity index (χ1) is 12.0. The molecule has 25 heavy (non-hydrogen) atoms. The number of likely N-dealkylation sites (N-methyl/N-ethyl adjacent to an activating group) is 1. The quantitative estimate of drug-likeness (QED) is 0.725. The molecular formula is C19H17N3O2S. The third-order valence-electron chi connectivity index (χ3n) is 3.55. The highest BCUT2D eigenvalue weighted by molar-refractivity contribution is 7.22. The molecule has 0 unspecified atom stereocenters. The van der Waals surface area contributed by atoms with Crippen molar-refractivity contribution in [3.05, 3.63) is 60.2 Å². The number of thiazole rings is 1. The zero-order chi connectivity index (χ0) is 17.8. The van der Waals surface area contributed by atoms with E-state index in [1.165, 1.54) is 29.2 Å². The number of carbonyl (C=O) groups excluding carboxylic acids is 2. The number of hydrogen-bond acceptors (Lipinski definition) is 4. The summed E-state index contributed by atoms with van der Waals surface area (Å²) in [5.41, 5.74) is 2.49. The summed E-state index contributed by atoms with van der Waals surface area (Å²) in [5.74, 6) is -0.263. The molecule has 1 heterocycles. The molecule has 0 fully saturated rings. The molecule has 126 valence electrons.